The zero-order valence-corrected chi connectivity index (χ0v) is 11.9. The van der Waals surface area contributed by atoms with Crippen LogP contribution in [0.1, 0.15) is 21.5 Å². The molecule has 0 fully saturated rings. The van der Waals surface area contributed by atoms with Crippen LogP contribution in [0.5, 0.6) is 0 Å². The molecule has 0 bridgehead atoms. The number of nitrogens with one attached hydrogen (secondary N) is 1. The van der Waals surface area contributed by atoms with Crippen LogP contribution in [0, 0.1) is 6.92 Å². The first-order valence-corrected chi connectivity index (χ1v) is 6.86. The molecule has 0 aliphatic carbocycles. The van der Waals surface area contributed by atoms with E-state index in [1.54, 1.807) is 12.3 Å². The van der Waals surface area contributed by atoms with Gasteiger partial charge in [0, 0.05) is 34.1 Å². The predicted molar refractivity (Wildman–Crippen MR) is 82.5 cm³/mol. The lowest BCUT2D eigenvalue weighted by atomic mass is 10.0. The van der Waals surface area contributed by atoms with Crippen molar-refractivity contribution in [2.24, 2.45) is 0 Å². The number of aryl methyl sites for hydroxylation is 1. The number of halogens is 1. The Morgan fingerprint density at radius 3 is 2.85 bits per heavy atom. The number of aromatic amines is 1. The molecule has 2 aromatic carbocycles. The second-order valence-corrected chi connectivity index (χ2v) is 5.42. The number of carbonyl (C=O) groups is 1. The van der Waals surface area contributed by atoms with Crippen molar-refractivity contribution in [3.63, 3.8) is 0 Å². The Labute approximate surface area is 122 Å². The van der Waals surface area contributed by atoms with E-state index in [0.717, 1.165) is 22.0 Å². The van der Waals surface area contributed by atoms with Crippen LogP contribution in [0.25, 0.3) is 10.9 Å². The van der Waals surface area contributed by atoms with Crippen molar-refractivity contribution < 1.29 is 4.79 Å². The quantitative estimate of drug-likeness (QED) is 0.703. The first kappa shape index (κ1) is 12.9. The summed E-state index contributed by atoms with van der Waals surface area (Å²) in [6.45, 7) is 2.03. The van der Waals surface area contributed by atoms with Gasteiger partial charge in [-0.15, -0.1) is 0 Å². The van der Waals surface area contributed by atoms with Crippen LogP contribution >= 0.6 is 11.6 Å². The molecule has 3 rings (SSSR count). The Balaban J connectivity index is 1.93. The van der Waals surface area contributed by atoms with E-state index < -0.39 is 0 Å². The Bertz CT molecular complexity index is 789. The van der Waals surface area contributed by atoms with Gasteiger partial charge < -0.3 is 4.98 Å². The highest BCUT2D eigenvalue weighted by Crippen LogP contribution is 2.23. The van der Waals surface area contributed by atoms with Crippen LogP contribution in [0.15, 0.2) is 48.7 Å². The SMILES string of the molecule is Cc1cccc(CC(=O)c2c[nH]c3cc(Cl)ccc23)c1. The molecular weight excluding hydrogens is 270 g/mol. The first-order valence-electron chi connectivity index (χ1n) is 6.49. The molecule has 0 amide bonds. The van der Waals surface area contributed by atoms with Gasteiger partial charge in [0.1, 0.15) is 0 Å². The standard InChI is InChI=1S/C17H14ClNO/c1-11-3-2-4-12(7-11)8-17(20)15-10-19-16-9-13(18)5-6-14(15)16/h2-7,9-10,19H,8H2,1H3. The van der Waals surface area contributed by atoms with Crippen molar-refractivity contribution in [2.45, 2.75) is 13.3 Å². The van der Waals surface area contributed by atoms with Crippen LogP contribution in [-0.4, -0.2) is 10.8 Å². The van der Waals surface area contributed by atoms with E-state index in [1.165, 1.54) is 5.56 Å². The Morgan fingerprint density at radius 1 is 1.20 bits per heavy atom. The molecule has 2 nitrogen and oxygen atoms in total. The molecule has 1 N–H and O–H groups in total. The molecule has 100 valence electrons. The molecule has 0 saturated heterocycles. The van der Waals surface area contributed by atoms with Crippen LogP contribution in [0.3, 0.4) is 0 Å². The third-order valence-corrected chi connectivity index (χ3v) is 3.63. The molecule has 0 atom stereocenters. The monoisotopic (exact) mass is 283 g/mol. The number of rotatable bonds is 3. The molecule has 0 unspecified atom stereocenters. The predicted octanol–water partition coefficient (Wildman–Crippen LogP) is 4.56. The summed E-state index contributed by atoms with van der Waals surface area (Å²) in [6, 6.07) is 13.6. The van der Waals surface area contributed by atoms with Crippen molar-refractivity contribution >= 4 is 28.3 Å². The lowest BCUT2D eigenvalue weighted by Crippen LogP contribution is -2.02. The molecule has 0 aliphatic heterocycles. The average molecular weight is 284 g/mol. The van der Waals surface area contributed by atoms with E-state index in [4.69, 9.17) is 11.6 Å². The van der Waals surface area contributed by atoms with E-state index >= 15 is 0 Å². The van der Waals surface area contributed by atoms with Gasteiger partial charge in [0.05, 0.1) is 0 Å². The van der Waals surface area contributed by atoms with Gasteiger partial charge in [-0.2, -0.15) is 0 Å². The third kappa shape index (κ3) is 2.47. The lowest BCUT2D eigenvalue weighted by molar-refractivity contribution is 0.0994. The summed E-state index contributed by atoms with van der Waals surface area (Å²) < 4.78 is 0. The van der Waals surface area contributed by atoms with Gasteiger partial charge in [0.15, 0.2) is 5.78 Å². The molecule has 0 aliphatic rings. The maximum absolute atomic E-state index is 12.4. The number of hydrogen-bond acceptors (Lipinski definition) is 1. The number of H-pyrrole nitrogens is 1. The van der Waals surface area contributed by atoms with E-state index in [1.807, 2.05) is 43.3 Å². The van der Waals surface area contributed by atoms with E-state index in [0.29, 0.717) is 11.4 Å². The zero-order chi connectivity index (χ0) is 14.1. The number of benzene rings is 2. The van der Waals surface area contributed by atoms with Gasteiger partial charge in [-0.1, -0.05) is 47.5 Å². The molecule has 0 saturated carbocycles. The number of fused-ring (bicyclic) bond motifs is 1. The smallest absolute Gasteiger partial charge is 0.169 e. The largest absolute Gasteiger partial charge is 0.360 e. The lowest BCUT2D eigenvalue weighted by Gasteiger charge is -2.02. The molecule has 0 radical (unpaired) electrons. The molecule has 20 heavy (non-hydrogen) atoms. The molecule has 3 aromatic rings. The van der Waals surface area contributed by atoms with Crippen molar-refractivity contribution in [3.8, 4) is 0 Å². The van der Waals surface area contributed by atoms with Crippen molar-refractivity contribution in [1.82, 2.24) is 4.98 Å². The van der Waals surface area contributed by atoms with Crippen LogP contribution in [0.2, 0.25) is 5.02 Å². The Hall–Kier alpha value is -2.06. The number of aromatic nitrogens is 1. The summed E-state index contributed by atoms with van der Waals surface area (Å²) in [5, 5.41) is 1.59. The molecule has 1 aromatic heterocycles. The topological polar surface area (TPSA) is 32.9 Å². The Morgan fingerprint density at radius 2 is 2.05 bits per heavy atom. The number of carbonyl (C=O) groups excluding carboxylic acids is 1. The molecule has 3 heteroatoms. The van der Waals surface area contributed by atoms with Crippen molar-refractivity contribution in [3.05, 3.63) is 70.4 Å². The van der Waals surface area contributed by atoms with Gasteiger partial charge in [-0.05, 0) is 24.6 Å². The summed E-state index contributed by atoms with van der Waals surface area (Å²) >= 11 is 5.95. The van der Waals surface area contributed by atoms with Crippen molar-refractivity contribution in [1.29, 1.82) is 0 Å². The van der Waals surface area contributed by atoms with Crippen molar-refractivity contribution in [2.75, 3.05) is 0 Å². The van der Waals surface area contributed by atoms with Crippen LogP contribution < -0.4 is 0 Å². The molecular formula is C17H14ClNO. The van der Waals surface area contributed by atoms with E-state index in [9.17, 15) is 4.79 Å². The first-order chi connectivity index (χ1) is 9.63. The fourth-order valence-electron chi connectivity index (χ4n) is 2.43. The third-order valence-electron chi connectivity index (χ3n) is 3.39. The molecule has 0 spiro atoms. The second kappa shape index (κ2) is 5.14. The van der Waals surface area contributed by atoms with E-state index in [-0.39, 0.29) is 5.78 Å². The summed E-state index contributed by atoms with van der Waals surface area (Å²) in [7, 11) is 0. The highest BCUT2D eigenvalue weighted by Gasteiger charge is 2.12. The highest BCUT2D eigenvalue weighted by molar-refractivity contribution is 6.31. The number of hydrogen-bond donors (Lipinski definition) is 1. The molecule has 1 heterocycles. The van der Waals surface area contributed by atoms with E-state index in [2.05, 4.69) is 4.98 Å². The van der Waals surface area contributed by atoms with Gasteiger partial charge >= 0.3 is 0 Å². The Kier molecular flexibility index (Phi) is 3.33. The highest BCUT2D eigenvalue weighted by atomic mass is 35.5. The normalized spacial score (nSPS) is 10.9. The fourth-order valence-corrected chi connectivity index (χ4v) is 2.60. The fraction of sp³-hybridized carbons (Fsp3) is 0.118. The van der Waals surface area contributed by atoms with Gasteiger partial charge in [-0.3, -0.25) is 4.79 Å². The summed E-state index contributed by atoms with van der Waals surface area (Å²) in [4.78, 5) is 15.5. The van der Waals surface area contributed by atoms with Crippen LogP contribution in [-0.2, 0) is 6.42 Å². The average Bonchev–Trinajstić information content (AvgIpc) is 2.81. The number of ketones is 1. The minimum absolute atomic E-state index is 0.115. The maximum Gasteiger partial charge on any atom is 0.169 e. The summed E-state index contributed by atoms with van der Waals surface area (Å²) in [5.74, 6) is 0.115. The number of Topliss-reactive ketones (excluding diaryl/α,β-unsaturated/α-hetero) is 1. The van der Waals surface area contributed by atoms with Crippen LogP contribution in [0.4, 0.5) is 0 Å². The zero-order valence-electron chi connectivity index (χ0n) is 11.1. The van der Waals surface area contributed by atoms with Gasteiger partial charge in [0.2, 0.25) is 0 Å². The minimum Gasteiger partial charge on any atom is -0.360 e. The maximum atomic E-state index is 12.4. The summed E-state index contributed by atoms with van der Waals surface area (Å²) in [5.41, 5.74) is 3.82. The van der Waals surface area contributed by atoms with Gasteiger partial charge in [-0.25, -0.2) is 0 Å². The van der Waals surface area contributed by atoms with Gasteiger partial charge in [0.25, 0.3) is 0 Å². The summed E-state index contributed by atoms with van der Waals surface area (Å²) in [6.07, 6.45) is 2.18. The second-order valence-electron chi connectivity index (χ2n) is 4.98. The minimum atomic E-state index is 0.115.